The molecule has 1 aromatic rings. The molecule has 0 aliphatic rings. The van der Waals surface area contributed by atoms with E-state index in [9.17, 15) is 9.18 Å². The van der Waals surface area contributed by atoms with Gasteiger partial charge in [-0.05, 0) is 12.1 Å². The normalized spacial score (nSPS) is 11.4. The molecular formula is C11H15FN2O5. The van der Waals surface area contributed by atoms with Gasteiger partial charge < -0.3 is 31.5 Å². The van der Waals surface area contributed by atoms with Crippen molar-refractivity contribution in [2.45, 2.75) is 5.54 Å². The maximum Gasteiger partial charge on any atom is 0.340 e. The molecule has 0 atom stereocenters. The van der Waals surface area contributed by atoms with Crippen LogP contribution in [-0.4, -0.2) is 51.8 Å². The van der Waals surface area contributed by atoms with Crippen molar-refractivity contribution >= 4 is 17.3 Å². The SMILES string of the molecule is Nc1c(F)ccc(NC(CO)(CO)CO)c1C(=O)O. The Bertz CT molecular complexity index is 468. The van der Waals surface area contributed by atoms with Crippen molar-refractivity contribution in [3.63, 3.8) is 0 Å². The van der Waals surface area contributed by atoms with Crippen LogP contribution in [0.15, 0.2) is 12.1 Å². The number of aromatic carboxylic acids is 1. The average molecular weight is 274 g/mol. The maximum atomic E-state index is 13.2. The van der Waals surface area contributed by atoms with Crippen LogP contribution in [0.4, 0.5) is 15.8 Å². The lowest BCUT2D eigenvalue weighted by atomic mass is 10.0. The summed E-state index contributed by atoms with van der Waals surface area (Å²) in [7, 11) is 0. The number of carbonyl (C=O) groups is 1. The quantitative estimate of drug-likeness (QED) is 0.375. The van der Waals surface area contributed by atoms with Crippen LogP contribution in [0.25, 0.3) is 0 Å². The van der Waals surface area contributed by atoms with Gasteiger partial charge in [0, 0.05) is 0 Å². The number of hydrogen-bond acceptors (Lipinski definition) is 6. The van der Waals surface area contributed by atoms with Gasteiger partial charge in [0.1, 0.15) is 16.9 Å². The molecule has 7 nitrogen and oxygen atoms in total. The number of hydrogen-bond donors (Lipinski definition) is 6. The molecule has 0 aliphatic carbocycles. The number of nitrogens with two attached hydrogens (primary N) is 1. The third-order valence-electron chi connectivity index (χ3n) is 2.71. The molecule has 0 saturated carbocycles. The summed E-state index contributed by atoms with van der Waals surface area (Å²) in [6.45, 7) is -1.97. The minimum absolute atomic E-state index is 0.108. The lowest BCUT2D eigenvalue weighted by Gasteiger charge is -2.30. The van der Waals surface area contributed by atoms with Gasteiger partial charge in [-0.15, -0.1) is 0 Å². The lowest BCUT2D eigenvalue weighted by molar-refractivity contribution is 0.0693. The second-order valence-corrected chi connectivity index (χ2v) is 4.07. The fourth-order valence-corrected chi connectivity index (χ4v) is 1.48. The van der Waals surface area contributed by atoms with Crippen LogP contribution in [0, 0.1) is 5.82 Å². The van der Waals surface area contributed by atoms with E-state index in [1.165, 1.54) is 0 Å². The summed E-state index contributed by atoms with van der Waals surface area (Å²) in [4.78, 5) is 11.1. The Labute approximate surface area is 108 Å². The number of carboxylic acids is 1. The highest BCUT2D eigenvalue weighted by Crippen LogP contribution is 2.27. The molecule has 0 aliphatic heterocycles. The smallest absolute Gasteiger partial charge is 0.340 e. The van der Waals surface area contributed by atoms with Crippen molar-refractivity contribution in [1.29, 1.82) is 0 Å². The van der Waals surface area contributed by atoms with Crippen LogP contribution in [0.5, 0.6) is 0 Å². The Hall–Kier alpha value is -1.90. The van der Waals surface area contributed by atoms with Gasteiger partial charge in [0.25, 0.3) is 0 Å². The van der Waals surface area contributed by atoms with Gasteiger partial charge in [-0.2, -0.15) is 0 Å². The number of aliphatic hydroxyl groups excluding tert-OH is 3. The summed E-state index contributed by atoms with van der Waals surface area (Å²) in [6, 6.07) is 2.05. The lowest BCUT2D eigenvalue weighted by Crippen LogP contribution is -2.49. The van der Waals surface area contributed by atoms with E-state index in [4.69, 9.17) is 26.2 Å². The van der Waals surface area contributed by atoms with Crippen LogP contribution in [0.2, 0.25) is 0 Å². The zero-order valence-corrected chi connectivity index (χ0v) is 9.93. The van der Waals surface area contributed by atoms with Gasteiger partial charge in [-0.1, -0.05) is 0 Å². The first-order chi connectivity index (χ1) is 8.90. The molecule has 106 valence electrons. The summed E-state index contributed by atoms with van der Waals surface area (Å²) in [6.07, 6.45) is 0. The van der Waals surface area contributed by atoms with E-state index in [1.807, 2.05) is 0 Å². The summed E-state index contributed by atoms with van der Waals surface area (Å²) < 4.78 is 13.2. The van der Waals surface area contributed by atoms with Crippen molar-refractivity contribution in [1.82, 2.24) is 0 Å². The monoisotopic (exact) mass is 274 g/mol. The first kappa shape index (κ1) is 15.2. The molecule has 0 aromatic heterocycles. The molecule has 1 rings (SSSR count). The predicted molar refractivity (Wildman–Crippen MR) is 65.4 cm³/mol. The van der Waals surface area contributed by atoms with Crippen molar-refractivity contribution in [3.8, 4) is 0 Å². The molecule has 0 bridgehead atoms. The first-order valence-corrected chi connectivity index (χ1v) is 5.33. The Morgan fingerprint density at radius 2 is 1.79 bits per heavy atom. The zero-order valence-electron chi connectivity index (χ0n) is 9.93. The molecule has 1 aromatic carbocycles. The predicted octanol–water partition coefficient (Wildman–Crippen LogP) is -0.766. The second-order valence-electron chi connectivity index (χ2n) is 4.07. The van der Waals surface area contributed by atoms with E-state index in [1.54, 1.807) is 0 Å². The van der Waals surface area contributed by atoms with Gasteiger partial charge >= 0.3 is 5.97 Å². The van der Waals surface area contributed by atoms with E-state index < -0.39 is 48.4 Å². The fourth-order valence-electron chi connectivity index (χ4n) is 1.48. The molecule has 8 heteroatoms. The number of benzene rings is 1. The molecule has 0 spiro atoms. The molecule has 0 amide bonds. The largest absolute Gasteiger partial charge is 0.478 e. The van der Waals surface area contributed by atoms with Gasteiger partial charge in [-0.3, -0.25) is 0 Å². The Balaban J connectivity index is 3.28. The zero-order chi connectivity index (χ0) is 14.6. The summed E-state index contributed by atoms with van der Waals surface area (Å²) in [5.74, 6) is -2.37. The molecule has 7 N–H and O–H groups in total. The fraction of sp³-hybridized carbons (Fsp3) is 0.364. The molecule has 19 heavy (non-hydrogen) atoms. The van der Waals surface area contributed by atoms with Crippen molar-refractivity contribution in [2.24, 2.45) is 0 Å². The Morgan fingerprint density at radius 1 is 1.26 bits per heavy atom. The summed E-state index contributed by atoms with van der Waals surface area (Å²) in [5.41, 5.74) is 2.61. The van der Waals surface area contributed by atoms with Gasteiger partial charge in [0.2, 0.25) is 0 Å². The van der Waals surface area contributed by atoms with Crippen LogP contribution in [0.3, 0.4) is 0 Å². The number of anilines is 2. The Morgan fingerprint density at radius 3 is 2.21 bits per heavy atom. The number of nitrogen functional groups attached to an aromatic ring is 1. The molecule has 0 radical (unpaired) electrons. The molecule has 0 saturated heterocycles. The van der Waals surface area contributed by atoms with Crippen molar-refractivity contribution in [2.75, 3.05) is 30.9 Å². The average Bonchev–Trinajstić information content (AvgIpc) is 2.40. The van der Waals surface area contributed by atoms with Gasteiger partial charge in [-0.25, -0.2) is 9.18 Å². The van der Waals surface area contributed by atoms with E-state index >= 15 is 0 Å². The standard InChI is InChI=1S/C11H15FN2O5/c12-6-1-2-7(8(9(6)13)10(18)19)14-11(3-15,4-16)5-17/h1-2,14-17H,3-5,13H2,(H,18,19). The van der Waals surface area contributed by atoms with E-state index in [2.05, 4.69) is 5.32 Å². The number of aliphatic hydroxyl groups is 3. The van der Waals surface area contributed by atoms with E-state index in [0.717, 1.165) is 12.1 Å². The van der Waals surface area contributed by atoms with Crippen molar-refractivity contribution in [3.05, 3.63) is 23.5 Å². The van der Waals surface area contributed by atoms with Crippen LogP contribution >= 0.6 is 0 Å². The van der Waals surface area contributed by atoms with Crippen LogP contribution in [0.1, 0.15) is 10.4 Å². The highest BCUT2D eigenvalue weighted by atomic mass is 19.1. The number of nitrogens with one attached hydrogen (secondary N) is 1. The topological polar surface area (TPSA) is 136 Å². The van der Waals surface area contributed by atoms with Gasteiger partial charge in [0.15, 0.2) is 0 Å². The van der Waals surface area contributed by atoms with Crippen LogP contribution < -0.4 is 11.1 Å². The van der Waals surface area contributed by atoms with Gasteiger partial charge in [0.05, 0.1) is 31.2 Å². The number of halogens is 1. The Kier molecular flexibility index (Phi) is 4.65. The third kappa shape index (κ3) is 2.92. The minimum Gasteiger partial charge on any atom is -0.478 e. The van der Waals surface area contributed by atoms with Crippen LogP contribution in [-0.2, 0) is 0 Å². The first-order valence-electron chi connectivity index (χ1n) is 5.33. The second kappa shape index (κ2) is 5.83. The molecule has 0 heterocycles. The maximum absolute atomic E-state index is 13.2. The summed E-state index contributed by atoms with van der Waals surface area (Å²) in [5, 5.41) is 39.0. The highest BCUT2D eigenvalue weighted by molar-refractivity contribution is 6.00. The van der Waals surface area contributed by atoms with Crippen molar-refractivity contribution < 1.29 is 29.6 Å². The minimum atomic E-state index is -1.53. The van der Waals surface area contributed by atoms with E-state index in [-0.39, 0.29) is 5.69 Å². The number of carboxylic acid groups (broad SMARTS) is 1. The highest BCUT2D eigenvalue weighted by Gasteiger charge is 2.30. The number of rotatable bonds is 6. The molecular weight excluding hydrogens is 259 g/mol. The third-order valence-corrected chi connectivity index (χ3v) is 2.71. The van der Waals surface area contributed by atoms with E-state index in [0.29, 0.717) is 0 Å². The summed E-state index contributed by atoms with van der Waals surface area (Å²) >= 11 is 0. The molecule has 0 fully saturated rings. The molecule has 0 unspecified atom stereocenters.